The van der Waals surface area contributed by atoms with Crippen LogP contribution in [0.4, 0.5) is 0 Å². The zero-order valence-electron chi connectivity index (χ0n) is 7.75. The standard InChI is InChI=1S/C8H13NO4S/c1-13-8(6-14(10,11)12)5-3-2-4-7(8)9/h2-5,7H,6,9H2,1H3,(H,10,11,12). The van der Waals surface area contributed by atoms with Crippen molar-refractivity contribution in [1.29, 1.82) is 0 Å². The Bertz CT molecular complexity index is 360. The van der Waals surface area contributed by atoms with Crippen molar-refractivity contribution in [1.82, 2.24) is 0 Å². The Balaban J connectivity index is 2.98. The van der Waals surface area contributed by atoms with Crippen LogP contribution in [0.2, 0.25) is 0 Å². The van der Waals surface area contributed by atoms with Crippen LogP contribution in [-0.2, 0) is 14.9 Å². The third-order valence-electron chi connectivity index (χ3n) is 2.16. The predicted molar refractivity (Wildman–Crippen MR) is 52.4 cm³/mol. The van der Waals surface area contributed by atoms with Crippen LogP contribution < -0.4 is 5.73 Å². The van der Waals surface area contributed by atoms with Gasteiger partial charge in [0.05, 0.1) is 6.04 Å². The Morgan fingerprint density at radius 1 is 1.57 bits per heavy atom. The molecule has 5 nitrogen and oxygen atoms in total. The molecule has 6 heteroatoms. The topological polar surface area (TPSA) is 89.6 Å². The van der Waals surface area contributed by atoms with E-state index in [4.69, 9.17) is 15.0 Å². The van der Waals surface area contributed by atoms with Crippen LogP contribution in [0.25, 0.3) is 0 Å². The first kappa shape index (κ1) is 11.4. The first-order valence-corrected chi connectivity index (χ1v) is 5.62. The Hall–Kier alpha value is -0.690. The number of allylic oxidation sites excluding steroid dienone is 2. The summed E-state index contributed by atoms with van der Waals surface area (Å²) in [6, 6.07) is -0.584. The summed E-state index contributed by atoms with van der Waals surface area (Å²) in [5, 5.41) is 0. The van der Waals surface area contributed by atoms with Gasteiger partial charge in [-0.1, -0.05) is 18.2 Å². The zero-order chi connectivity index (χ0) is 10.8. The normalized spacial score (nSPS) is 32.1. The summed E-state index contributed by atoms with van der Waals surface area (Å²) < 4.78 is 35.4. The molecule has 3 N–H and O–H groups in total. The molecule has 80 valence electrons. The van der Waals surface area contributed by atoms with Crippen LogP contribution in [0.15, 0.2) is 24.3 Å². The molecule has 1 aliphatic carbocycles. The molecule has 2 atom stereocenters. The minimum Gasteiger partial charge on any atom is -0.371 e. The minimum absolute atomic E-state index is 0.543. The van der Waals surface area contributed by atoms with Crippen molar-refractivity contribution in [2.45, 2.75) is 11.6 Å². The SMILES string of the molecule is COC1(CS(=O)(=O)O)C=CC=CC1N. The molecule has 0 saturated carbocycles. The molecule has 0 heterocycles. The summed E-state index contributed by atoms with van der Waals surface area (Å²) in [6.45, 7) is 0. The fourth-order valence-corrected chi connectivity index (χ4v) is 2.35. The lowest BCUT2D eigenvalue weighted by atomic mass is 9.92. The lowest BCUT2D eigenvalue weighted by Gasteiger charge is -2.33. The van der Waals surface area contributed by atoms with Crippen molar-refractivity contribution < 1.29 is 17.7 Å². The summed E-state index contributed by atoms with van der Waals surface area (Å²) in [7, 11) is -2.76. The number of hydrogen-bond acceptors (Lipinski definition) is 4. The van der Waals surface area contributed by atoms with Crippen LogP contribution in [0.1, 0.15) is 0 Å². The van der Waals surface area contributed by atoms with E-state index < -0.39 is 27.5 Å². The smallest absolute Gasteiger partial charge is 0.268 e. The average molecular weight is 219 g/mol. The van der Waals surface area contributed by atoms with Crippen molar-refractivity contribution in [2.75, 3.05) is 12.9 Å². The second kappa shape index (κ2) is 3.82. The minimum atomic E-state index is -4.12. The van der Waals surface area contributed by atoms with Crippen LogP contribution in [0.3, 0.4) is 0 Å². The molecule has 0 saturated heterocycles. The van der Waals surface area contributed by atoms with Crippen LogP contribution in [-0.4, -0.2) is 37.5 Å². The van der Waals surface area contributed by atoms with Gasteiger partial charge in [0, 0.05) is 7.11 Å². The third kappa shape index (κ3) is 2.42. The molecule has 0 aromatic rings. The lowest BCUT2D eigenvalue weighted by Crippen LogP contribution is -2.52. The number of methoxy groups -OCH3 is 1. The highest BCUT2D eigenvalue weighted by atomic mass is 32.2. The van der Waals surface area contributed by atoms with E-state index in [0.717, 1.165) is 0 Å². The predicted octanol–water partition coefficient (Wildman–Crippen LogP) is -0.287. The highest BCUT2D eigenvalue weighted by molar-refractivity contribution is 7.85. The molecule has 0 aliphatic heterocycles. The summed E-state index contributed by atoms with van der Waals surface area (Å²) in [5.74, 6) is -0.543. The average Bonchev–Trinajstić information content (AvgIpc) is 2.07. The lowest BCUT2D eigenvalue weighted by molar-refractivity contribution is 0.0389. The van der Waals surface area contributed by atoms with Gasteiger partial charge in [0.2, 0.25) is 0 Å². The second-order valence-electron chi connectivity index (χ2n) is 3.16. The third-order valence-corrected chi connectivity index (χ3v) is 2.98. The largest absolute Gasteiger partial charge is 0.371 e. The van der Waals surface area contributed by atoms with Crippen LogP contribution >= 0.6 is 0 Å². The number of nitrogens with two attached hydrogens (primary N) is 1. The quantitative estimate of drug-likeness (QED) is 0.637. The molecule has 2 unspecified atom stereocenters. The fourth-order valence-electron chi connectivity index (χ4n) is 1.37. The number of rotatable bonds is 3. The molecular weight excluding hydrogens is 206 g/mol. The van der Waals surface area contributed by atoms with Gasteiger partial charge in [-0.3, -0.25) is 4.55 Å². The molecule has 14 heavy (non-hydrogen) atoms. The molecule has 0 bridgehead atoms. The monoisotopic (exact) mass is 219 g/mol. The number of hydrogen-bond donors (Lipinski definition) is 2. The van der Waals surface area contributed by atoms with Gasteiger partial charge in [-0.25, -0.2) is 0 Å². The van der Waals surface area contributed by atoms with Gasteiger partial charge in [0.15, 0.2) is 0 Å². The van der Waals surface area contributed by atoms with E-state index in [0.29, 0.717) is 0 Å². The second-order valence-corrected chi connectivity index (χ2v) is 4.61. The summed E-state index contributed by atoms with van der Waals surface area (Å²) in [4.78, 5) is 0. The van der Waals surface area contributed by atoms with E-state index in [1.54, 1.807) is 18.2 Å². The fraction of sp³-hybridized carbons (Fsp3) is 0.500. The van der Waals surface area contributed by atoms with Crippen molar-refractivity contribution in [2.24, 2.45) is 5.73 Å². The molecule has 0 aromatic heterocycles. The highest BCUT2D eigenvalue weighted by Crippen LogP contribution is 2.22. The molecular formula is C8H13NO4S. The summed E-state index contributed by atoms with van der Waals surface area (Å²) in [5.41, 5.74) is 4.53. The van der Waals surface area contributed by atoms with E-state index >= 15 is 0 Å². The first-order chi connectivity index (χ1) is 6.40. The van der Waals surface area contributed by atoms with E-state index in [-0.39, 0.29) is 0 Å². The van der Waals surface area contributed by atoms with Gasteiger partial charge in [0.1, 0.15) is 11.4 Å². The van der Waals surface area contributed by atoms with E-state index in [2.05, 4.69) is 0 Å². The van der Waals surface area contributed by atoms with E-state index in [1.807, 2.05) is 0 Å². The number of ether oxygens (including phenoxy) is 1. The van der Waals surface area contributed by atoms with Crippen molar-refractivity contribution in [3.05, 3.63) is 24.3 Å². The van der Waals surface area contributed by atoms with Crippen molar-refractivity contribution in [3.63, 3.8) is 0 Å². The van der Waals surface area contributed by atoms with Gasteiger partial charge in [-0.05, 0) is 6.08 Å². The molecule has 1 aliphatic rings. The Morgan fingerprint density at radius 3 is 2.64 bits per heavy atom. The molecule has 0 spiro atoms. The van der Waals surface area contributed by atoms with Crippen molar-refractivity contribution in [3.8, 4) is 0 Å². The van der Waals surface area contributed by atoms with Crippen LogP contribution in [0.5, 0.6) is 0 Å². The van der Waals surface area contributed by atoms with Gasteiger partial charge in [-0.2, -0.15) is 8.42 Å². The van der Waals surface area contributed by atoms with E-state index in [1.165, 1.54) is 13.2 Å². The Labute approximate surface area is 83.0 Å². The summed E-state index contributed by atoms with van der Waals surface area (Å²) in [6.07, 6.45) is 6.49. The first-order valence-electron chi connectivity index (χ1n) is 4.01. The van der Waals surface area contributed by atoms with Gasteiger partial charge in [-0.15, -0.1) is 0 Å². The van der Waals surface area contributed by atoms with Crippen molar-refractivity contribution >= 4 is 10.1 Å². The maximum atomic E-state index is 10.8. The highest BCUT2D eigenvalue weighted by Gasteiger charge is 2.38. The Morgan fingerprint density at radius 2 is 2.21 bits per heavy atom. The van der Waals surface area contributed by atoms with Gasteiger partial charge >= 0.3 is 0 Å². The Kier molecular flexibility index (Phi) is 3.10. The maximum absolute atomic E-state index is 10.8. The molecule has 0 radical (unpaired) electrons. The van der Waals surface area contributed by atoms with Crippen LogP contribution in [0, 0.1) is 0 Å². The summed E-state index contributed by atoms with van der Waals surface area (Å²) >= 11 is 0. The molecule has 0 amide bonds. The molecule has 1 rings (SSSR count). The maximum Gasteiger partial charge on any atom is 0.268 e. The van der Waals surface area contributed by atoms with E-state index in [9.17, 15) is 8.42 Å². The zero-order valence-corrected chi connectivity index (χ0v) is 8.57. The van der Waals surface area contributed by atoms with Gasteiger partial charge < -0.3 is 10.5 Å². The molecule has 0 fully saturated rings. The molecule has 0 aromatic carbocycles. The van der Waals surface area contributed by atoms with Gasteiger partial charge in [0.25, 0.3) is 10.1 Å².